The van der Waals surface area contributed by atoms with E-state index in [-0.39, 0.29) is 77.6 Å². The summed E-state index contributed by atoms with van der Waals surface area (Å²) >= 11 is 0.611. The van der Waals surface area contributed by atoms with Crippen LogP contribution in [-0.2, 0) is 3.80 Å². The number of rotatable bonds is 0. The molecule has 0 aliphatic rings. The van der Waals surface area contributed by atoms with Crippen LogP contribution in [0.15, 0.2) is 0 Å². The van der Waals surface area contributed by atoms with Gasteiger partial charge >= 0.3 is 92.0 Å². The molecule has 4 heavy (non-hydrogen) atoms. The molecule has 0 saturated carbocycles. The van der Waals surface area contributed by atoms with E-state index in [9.17, 15) is 0 Å². The molecule has 0 aliphatic heterocycles. The standard InChI is InChI=1S/Al.Ba.Mg.O.5H/q;2*+2;;;4*-1. The quantitative estimate of drug-likeness (QED) is 0.464. The van der Waals surface area contributed by atoms with Crippen molar-refractivity contribution in [1.29, 1.82) is 0 Å². The Hall–Kier alpha value is 2.67. The average Bonchev–Trinajstić information content (AvgIpc) is 1.00. The van der Waals surface area contributed by atoms with Gasteiger partial charge in [-0.2, -0.15) is 0 Å². The SMILES string of the molecule is [Ba+2].[H-].[H-].[H-].[H-].[Mg+2].[O]=[AlH]. The van der Waals surface area contributed by atoms with Crippen molar-refractivity contribution in [3.05, 3.63) is 0 Å². The Labute approximate surface area is 95.7 Å². The van der Waals surface area contributed by atoms with Crippen molar-refractivity contribution in [3.63, 3.8) is 0 Å². The third-order valence-corrected chi connectivity index (χ3v) is 0. The molecule has 0 amide bonds. The average molecular weight is 210 g/mol. The van der Waals surface area contributed by atoms with Gasteiger partial charge in [-0.1, -0.05) is 0 Å². The molecule has 0 rings (SSSR count). The van der Waals surface area contributed by atoms with E-state index in [1.54, 1.807) is 0 Å². The fraction of sp³-hybridized carbons (Fsp3) is 0. The van der Waals surface area contributed by atoms with Crippen LogP contribution in [0.2, 0.25) is 0 Å². The molecular formula is H5AlBaMgO. The van der Waals surface area contributed by atoms with Gasteiger partial charge in [0.25, 0.3) is 0 Å². The topological polar surface area (TPSA) is 17.1 Å². The van der Waals surface area contributed by atoms with Crippen LogP contribution in [0.4, 0.5) is 0 Å². The van der Waals surface area contributed by atoms with Crippen molar-refractivity contribution in [1.82, 2.24) is 0 Å². The molecule has 1 nitrogen and oxygen atoms in total. The van der Waals surface area contributed by atoms with Crippen LogP contribution >= 0.6 is 0 Å². The summed E-state index contributed by atoms with van der Waals surface area (Å²) in [5.41, 5.74) is 0. The van der Waals surface area contributed by atoms with Gasteiger partial charge in [-0.25, -0.2) is 0 Å². The van der Waals surface area contributed by atoms with Gasteiger partial charge in [0, 0.05) is 0 Å². The molecule has 0 aromatic carbocycles. The van der Waals surface area contributed by atoms with Gasteiger partial charge in [0.1, 0.15) is 0 Å². The van der Waals surface area contributed by atoms with Crippen LogP contribution in [0.25, 0.3) is 0 Å². The first-order valence-electron chi connectivity index (χ1n) is 0.289. The zero-order valence-electron chi connectivity index (χ0n) is 6.53. The van der Waals surface area contributed by atoms with E-state index in [0.717, 1.165) is 0 Å². The second-order valence-corrected chi connectivity index (χ2v) is 0. The summed E-state index contributed by atoms with van der Waals surface area (Å²) in [6.07, 6.45) is 0. The van der Waals surface area contributed by atoms with Gasteiger partial charge in [-0.3, -0.25) is 0 Å². The van der Waals surface area contributed by atoms with E-state index in [2.05, 4.69) is 0 Å². The molecule has 0 unspecified atom stereocenters. The van der Waals surface area contributed by atoms with E-state index in [4.69, 9.17) is 3.80 Å². The molecule has 0 atom stereocenters. The minimum absolute atomic E-state index is 0. The number of hydrogen-bond acceptors (Lipinski definition) is 1. The molecular weight excluding hydrogens is 205 g/mol. The van der Waals surface area contributed by atoms with Gasteiger partial charge in [-0.05, 0) is 0 Å². The summed E-state index contributed by atoms with van der Waals surface area (Å²) in [6, 6.07) is 0. The zero-order valence-corrected chi connectivity index (χ0v) is 9.80. The minimum atomic E-state index is 0. The Morgan fingerprint density at radius 3 is 1.50 bits per heavy atom. The van der Waals surface area contributed by atoms with Crippen LogP contribution < -0.4 is 0 Å². The molecule has 0 saturated heterocycles. The fourth-order valence-corrected chi connectivity index (χ4v) is 0. The van der Waals surface area contributed by atoms with E-state index in [1.165, 1.54) is 0 Å². The number of hydrogen-bond donors (Lipinski definition) is 0. The maximum absolute atomic E-state index is 8.28. The molecule has 0 spiro atoms. The Bertz CT molecular complexity index is 16.0. The van der Waals surface area contributed by atoms with Crippen molar-refractivity contribution in [2.24, 2.45) is 0 Å². The molecule has 4 heteroatoms. The normalized spacial score (nSPS) is 0.750. The first-order chi connectivity index (χ1) is 1.00. The van der Waals surface area contributed by atoms with Crippen LogP contribution in [0.3, 0.4) is 0 Å². The summed E-state index contributed by atoms with van der Waals surface area (Å²) in [5.74, 6) is 0. The summed E-state index contributed by atoms with van der Waals surface area (Å²) in [5, 5.41) is 0. The predicted octanol–water partition coefficient (Wildman–Crippen LogP) is -1.08. The summed E-state index contributed by atoms with van der Waals surface area (Å²) < 4.78 is 8.28. The van der Waals surface area contributed by atoms with Gasteiger partial charge < -0.3 is 5.71 Å². The molecule has 0 fully saturated rings. The van der Waals surface area contributed by atoms with Gasteiger partial charge in [0.05, 0.1) is 0 Å². The van der Waals surface area contributed by atoms with Gasteiger partial charge in [-0.15, -0.1) is 0 Å². The molecule has 0 bridgehead atoms. The summed E-state index contributed by atoms with van der Waals surface area (Å²) in [6.45, 7) is 0. The first kappa shape index (κ1) is 15.9. The van der Waals surface area contributed by atoms with Crippen LogP contribution in [0.5, 0.6) is 0 Å². The zero-order chi connectivity index (χ0) is 2.00. The van der Waals surface area contributed by atoms with Crippen molar-refractivity contribution < 1.29 is 9.51 Å². The van der Waals surface area contributed by atoms with Crippen LogP contribution in [0, 0.1) is 0 Å². The Kier molecular flexibility index (Phi) is 69.0. The Balaban J connectivity index is -0.000000000333. The van der Waals surface area contributed by atoms with E-state index in [1.807, 2.05) is 0 Å². The summed E-state index contributed by atoms with van der Waals surface area (Å²) in [4.78, 5) is 0. The summed E-state index contributed by atoms with van der Waals surface area (Å²) in [7, 11) is 0. The van der Waals surface area contributed by atoms with E-state index < -0.39 is 0 Å². The molecule has 0 aromatic rings. The predicted molar refractivity (Wildman–Crippen MR) is 23.8 cm³/mol. The van der Waals surface area contributed by atoms with E-state index >= 15 is 0 Å². The van der Waals surface area contributed by atoms with Crippen molar-refractivity contribution in [2.45, 2.75) is 0 Å². The van der Waals surface area contributed by atoms with E-state index in [0.29, 0.717) is 16.2 Å². The molecule has 0 heterocycles. The third-order valence-electron chi connectivity index (χ3n) is 0. The molecule has 0 N–H and O–H groups in total. The van der Waals surface area contributed by atoms with Crippen LogP contribution in [0.1, 0.15) is 5.71 Å². The second kappa shape index (κ2) is 17.3. The molecule has 0 aromatic heterocycles. The monoisotopic (exact) mass is 210 g/mol. The third kappa shape index (κ3) is 8.82. The van der Waals surface area contributed by atoms with Crippen molar-refractivity contribution in [3.8, 4) is 0 Å². The molecule has 18 valence electrons. The Morgan fingerprint density at radius 1 is 1.50 bits per heavy atom. The first-order valence-corrected chi connectivity index (χ1v) is 0.866. The van der Waals surface area contributed by atoms with Gasteiger partial charge in [0.2, 0.25) is 0 Å². The molecule has 0 radical (unpaired) electrons. The van der Waals surface area contributed by atoms with Crippen LogP contribution in [-0.4, -0.2) is 88.2 Å². The second-order valence-electron chi connectivity index (χ2n) is 0. The van der Waals surface area contributed by atoms with Crippen molar-refractivity contribution in [2.75, 3.05) is 0 Å². The van der Waals surface area contributed by atoms with Crippen molar-refractivity contribution >= 4 is 88.2 Å². The maximum atomic E-state index is 8.28. The Morgan fingerprint density at radius 2 is 1.50 bits per heavy atom. The molecule has 0 aliphatic carbocycles. The van der Waals surface area contributed by atoms with Gasteiger partial charge in [0.15, 0.2) is 0 Å². The fourth-order valence-electron chi connectivity index (χ4n) is 0.